The summed E-state index contributed by atoms with van der Waals surface area (Å²) in [6.45, 7) is 7.68. The Morgan fingerprint density at radius 3 is 2.92 bits per heavy atom. The summed E-state index contributed by atoms with van der Waals surface area (Å²) in [4.78, 5) is 19.2. The molecule has 2 heterocycles. The fourth-order valence-electron chi connectivity index (χ4n) is 2.83. The van der Waals surface area contributed by atoms with E-state index in [0.29, 0.717) is 26.2 Å². The first-order chi connectivity index (χ1) is 11.9. The van der Waals surface area contributed by atoms with Gasteiger partial charge in [0.1, 0.15) is 17.4 Å². The van der Waals surface area contributed by atoms with Crippen LogP contribution < -0.4 is 4.74 Å². The molecule has 0 saturated carbocycles. The van der Waals surface area contributed by atoms with Gasteiger partial charge in [-0.05, 0) is 32.9 Å². The topological polar surface area (TPSA) is 51.7 Å². The van der Waals surface area contributed by atoms with Crippen molar-refractivity contribution in [2.24, 2.45) is 0 Å². The van der Waals surface area contributed by atoms with E-state index in [9.17, 15) is 4.79 Å². The van der Waals surface area contributed by atoms with E-state index in [4.69, 9.17) is 9.47 Å². The maximum Gasteiger partial charge on any atom is 0.229 e. The van der Waals surface area contributed by atoms with Crippen LogP contribution in [0, 0.1) is 0 Å². The summed E-state index contributed by atoms with van der Waals surface area (Å²) < 4.78 is 11.4. The van der Waals surface area contributed by atoms with Crippen molar-refractivity contribution in [2.75, 3.05) is 13.2 Å². The van der Waals surface area contributed by atoms with Crippen LogP contribution in [0.1, 0.15) is 31.5 Å². The van der Waals surface area contributed by atoms with Gasteiger partial charge in [0.25, 0.3) is 0 Å². The van der Waals surface area contributed by atoms with Crippen molar-refractivity contribution in [3.63, 3.8) is 0 Å². The van der Waals surface area contributed by atoms with Crippen molar-refractivity contribution >= 4 is 17.2 Å². The van der Waals surface area contributed by atoms with Crippen LogP contribution in [0.4, 0.5) is 0 Å². The molecule has 0 radical (unpaired) electrons. The number of ether oxygens (including phenoxy) is 2. The normalized spacial score (nSPS) is 19.6. The molecule has 1 fully saturated rings. The van der Waals surface area contributed by atoms with Crippen molar-refractivity contribution in [2.45, 2.75) is 45.4 Å². The summed E-state index contributed by atoms with van der Waals surface area (Å²) in [5.41, 5.74) is 0.524. The lowest BCUT2D eigenvalue weighted by molar-refractivity contribution is -0.152. The molecule has 6 heteroatoms. The molecule has 1 aliphatic rings. The Bertz CT molecular complexity index is 714. The zero-order valence-electron chi connectivity index (χ0n) is 14.9. The Kier molecular flexibility index (Phi) is 5.39. The number of carbonyl (C=O) groups excluding carboxylic acids is 1. The molecule has 25 heavy (non-hydrogen) atoms. The lowest BCUT2D eigenvalue weighted by Gasteiger charge is -2.44. The van der Waals surface area contributed by atoms with Gasteiger partial charge in [0.2, 0.25) is 5.91 Å². The van der Waals surface area contributed by atoms with Gasteiger partial charge in [-0.1, -0.05) is 18.2 Å². The van der Waals surface area contributed by atoms with Gasteiger partial charge in [-0.2, -0.15) is 0 Å². The summed E-state index contributed by atoms with van der Waals surface area (Å²) in [5.74, 6) is 0.917. The summed E-state index contributed by atoms with van der Waals surface area (Å²) in [6, 6.07) is 9.66. The van der Waals surface area contributed by atoms with Crippen molar-refractivity contribution < 1.29 is 14.3 Å². The molecule has 0 N–H and O–H groups in total. The Morgan fingerprint density at radius 2 is 2.16 bits per heavy atom. The minimum atomic E-state index is -0.279. The molecule has 5 nitrogen and oxygen atoms in total. The largest absolute Gasteiger partial charge is 0.486 e. The number of thiazole rings is 1. The first kappa shape index (κ1) is 17.9. The van der Waals surface area contributed by atoms with E-state index in [-0.39, 0.29) is 17.6 Å². The molecule has 1 aromatic carbocycles. The predicted octanol–water partition coefficient (Wildman–Crippen LogP) is 3.29. The second-order valence-electron chi connectivity index (χ2n) is 6.95. The molecule has 0 aliphatic carbocycles. The Hall–Kier alpha value is -1.92. The summed E-state index contributed by atoms with van der Waals surface area (Å²) in [7, 11) is 0. The lowest BCUT2D eigenvalue weighted by atomic mass is 10.00. The molecule has 1 aliphatic heterocycles. The van der Waals surface area contributed by atoms with Crippen LogP contribution in [0.25, 0.3) is 0 Å². The lowest BCUT2D eigenvalue weighted by Crippen LogP contribution is -2.58. The van der Waals surface area contributed by atoms with E-state index in [1.54, 1.807) is 0 Å². The molecule has 0 bridgehead atoms. The third kappa shape index (κ3) is 4.58. The molecule has 1 saturated heterocycles. The zero-order valence-corrected chi connectivity index (χ0v) is 15.7. The van der Waals surface area contributed by atoms with Gasteiger partial charge in [0.15, 0.2) is 0 Å². The first-order valence-electron chi connectivity index (χ1n) is 8.47. The minimum absolute atomic E-state index is 0.0715. The molecule has 0 spiro atoms. The van der Waals surface area contributed by atoms with Crippen molar-refractivity contribution in [1.29, 1.82) is 0 Å². The van der Waals surface area contributed by atoms with Gasteiger partial charge in [0.05, 0.1) is 30.4 Å². The number of nitrogens with zero attached hydrogens (tertiary/aromatic N) is 2. The maximum atomic E-state index is 12.7. The fourth-order valence-corrected chi connectivity index (χ4v) is 3.53. The number of hydrogen-bond donors (Lipinski definition) is 0. The van der Waals surface area contributed by atoms with Gasteiger partial charge in [-0.25, -0.2) is 4.98 Å². The van der Waals surface area contributed by atoms with Gasteiger partial charge in [-0.3, -0.25) is 4.79 Å². The number of benzene rings is 1. The van der Waals surface area contributed by atoms with E-state index in [1.807, 2.05) is 61.4 Å². The average Bonchev–Trinajstić information content (AvgIpc) is 3.03. The number of amides is 1. The SMILES string of the molecule is CC1CN(C(=O)Cc2csc(COc3ccccc3)n2)C(C)(C)CO1. The third-order valence-corrected chi connectivity index (χ3v) is 5.10. The predicted molar refractivity (Wildman–Crippen MR) is 97.8 cm³/mol. The van der Waals surface area contributed by atoms with Crippen LogP contribution in [0.2, 0.25) is 0 Å². The van der Waals surface area contributed by atoms with Crippen LogP contribution in [-0.2, 0) is 22.6 Å². The molecule has 1 amide bonds. The van der Waals surface area contributed by atoms with Crippen molar-refractivity contribution in [3.05, 3.63) is 46.4 Å². The highest BCUT2D eigenvalue weighted by Crippen LogP contribution is 2.23. The molecule has 1 aromatic heterocycles. The average molecular weight is 360 g/mol. The third-order valence-electron chi connectivity index (χ3n) is 4.23. The first-order valence-corrected chi connectivity index (χ1v) is 9.35. The number of carbonyl (C=O) groups is 1. The highest BCUT2D eigenvalue weighted by molar-refractivity contribution is 7.09. The highest BCUT2D eigenvalue weighted by atomic mass is 32.1. The van der Waals surface area contributed by atoms with Crippen LogP contribution in [0.15, 0.2) is 35.7 Å². The highest BCUT2D eigenvalue weighted by Gasteiger charge is 2.36. The summed E-state index contributed by atoms with van der Waals surface area (Å²) in [6.07, 6.45) is 0.389. The second-order valence-corrected chi connectivity index (χ2v) is 7.89. The van der Waals surface area contributed by atoms with Gasteiger partial charge >= 0.3 is 0 Å². The number of aromatic nitrogens is 1. The summed E-state index contributed by atoms with van der Waals surface area (Å²) in [5, 5.41) is 2.82. The zero-order chi connectivity index (χ0) is 17.9. The number of para-hydroxylation sites is 1. The number of hydrogen-bond acceptors (Lipinski definition) is 5. The van der Waals surface area contributed by atoms with Gasteiger partial charge in [0, 0.05) is 11.9 Å². The van der Waals surface area contributed by atoms with Crippen LogP contribution in [0.3, 0.4) is 0 Å². The molecular formula is C19H24N2O3S. The molecule has 1 atom stereocenters. The molecule has 134 valence electrons. The standard InChI is InChI=1S/C19H24N2O3S/c1-14-10-21(19(2,3)13-24-14)18(22)9-15-12-25-17(20-15)11-23-16-7-5-4-6-8-16/h4-8,12,14H,9-11,13H2,1-3H3. The minimum Gasteiger partial charge on any atom is -0.486 e. The van der Waals surface area contributed by atoms with Crippen molar-refractivity contribution in [1.82, 2.24) is 9.88 Å². The molecule has 3 rings (SSSR count). The second kappa shape index (κ2) is 7.54. The molecule has 1 unspecified atom stereocenters. The monoisotopic (exact) mass is 360 g/mol. The Morgan fingerprint density at radius 1 is 1.40 bits per heavy atom. The van der Waals surface area contributed by atoms with E-state index in [2.05, 4.69) is 4.98 Å². The van der Waals surface area contributed by atoms with E-state index >= 15 is 0 Å². The van der Waals surface area contributed by atoms with E-state index in [1.165, 1.54) is 11.3 Å². The van der Waals surface area contributed by atoms with Crippen molar-refractivity contribution in [3.8, 4) is 5.75 Å². The van der Waals surface area contributed by atoms with E-state index < -0.39 is 0 Å². The summed E-state index contributed by atoms with van der Waals surface area (Å²) >= 11 is 1.53. The quantitative estimate of drug-likeness (QED) is 0.821. The number of rotatable bonds is 5. The Labute approximate surface area is 152 Å². The van der Waals surface area contributed by atoms with Crippen LogP contribution in [0.5, 0.6) is 5.75 Å². The van der Waals surface area contributed by atoms with Crippen LogP contribution in [-0.4, -0.2) is 40.6 Å². The van der Waals surface area contributed by atoms with Gasteiger partial charge in [-0.15, -0.1) is 11.3 Å². The molecular weight excluding hydrogens is 336 g/mol. The van der Waals surface area contributed by atoms with E-state index in [0.717, 1.165) is 16.5 Å². The molecule has 2 aromatic rings. The van der Waals surface area contributed by atoms with Crippen LogP contribution >= 0.6 is 11.3 Å². The Balaban J connectivity index is 1.58. The number of morpholine rings is 1. The smallest absolute Gasteiger partial charge is 0.229 e. The maximum absolute atomic E-state index is 12.7. The van der Waals surface area contributed by atoms with Gasteiger partial charge < -0.3 is 14.4 Å². The fraction of sp³-hybridized carbons (Fsp3) is 0.474.